The largest absolute Gasteiger partial charge is 0.508 e. The second-order valence-corrected chi connectivity index (χ2v) is 6.82. The molecule has 0 radical (unpaired) electrons. The molecule has 0 saturated heterocycles. The zero-order valence-electron chi connectivity index (χ0n) is 15.6. The lowest BCUT2D eigenvalue weighted by Gasteiger charge is -2.32. The standard InChI is InChI=1S/C23H31NO/c1-3-5-15-23(4-2,21-12-9-13-22(25)19-21)16-18-24-17-14-20-10-7-6-8-11-20/h6-13,18-19,25H,3-5,14-17H2,1-2H3/t23-/m1/s1. The molecule has 0 spiro atoms. The highest BCUT2D eigenvalue weighted by Gasteiger charge is 2.29. The van der Waals surface area contributed by atoms with Crippen LogP contribution >= 0.6 is 0 Å². The Bertz CT molecular complexity index is 650. The van der Waals surface area contributed by atoms with Crippen LogP contribution in [0.1, 0.15) is 57.1 Å². The molecule has 134 valence electrons. The maximum Gasteiger partial charge on any atom is 0.115 e. The van der Waals surface area contributed by atoms with E-state index in [0.717, 1.165) is 32.2 Å². The summed E-state index contributed by atoms with van der Waals surface area (Å²) in [7, 11) is 0. The molecule has 0 heterocycles. The summed E-state index contributed by atoms with van der Waals surface area (Å²) in [6.45, 7) is 5.31. The van der Waals surface area contributed by atoms with Gasteiger partial charge in [-0.3, -0.25) is 4.99 Å². The second-order valence-electron chi connectivity index (χ2n) is 6.82. The summed E-state index contributed by atoms with van der Waals surface area (Å²) in [6, 6.07) is 18.3. The smallest absolute Gasteiger partial charge is 0.115 e. The zero-order valence-corrected chi connectivity index (χ0v) is 15.6. The summed E-state index contributed by atoms with van der Waals surface area (Å²) in [5.74, 6) is 0.354. The van der Waals surface area contributed by atoms with Crippen LogP contribution in [0.2, 0.25) is 0 Å². The van der Waals surface area contributed by atoms with Crippen LogP contribution in [-0.2, 0) is 11.8 Å². The van der Waals surface area contributed by atoms with Gasteiger partial charge in [0.15, 0.2) is 0 Å². The molecule has 0 aliphatic carbocycles. The molecule has 1 N–H and O–H groups in total. The third kappa shape index (κ3) is 5.74. The third-order valence-corrected chi connectivity index (χ3v) is 5.13. The monoisotopic (exact) mass is 337 g/mol. The number of aromatic hydroxyl groups is 1. The Labute approximate surface area is 152 Å². The molecule has 2 rings (SSSR count). The van der Waals surface area contributed by atoms with Crippen LogP contribution in [0, 0.1) is 0 Å². The number of nitrogens with zero attached hydrogens (tertiary/aromatic N) is 1. The fourth-order valence-corrected chi connectivity index (χ4v) is 3.41. The van der Waals surface area contributed by atoms with Gasteiger partial charge in [0.1, 0.15) is 5.75 Å². The van der Waals surface area contributed by atoms with Gasteiger partial charge in [-0.2, -0.15) is 0 Å². The number of benzene rings is 2. The Kier molecular flexibility index (Phi) is 7.72. The first-order chi connectivity index (χ1) is 12.2. The van der Waals surface area contributed by atoms with E-state index in [9.17, 15) is 5.11 Å². The van der Waals surface area contributed by atoms with Gasteiger partial charge in [0.2, 0.25) is 0 Å². The average Bonchev–Trinajstić information content (AvgIpc) is 2.65. The van der Waals surface area contributed by atoms with Gasteiger partial charge in [-0.25, -0.2) is 0 Å². The molecule has 0 fully saturated rings. The number of phenolic OH excluding ortho intramolecular Hbond substituents is 1. The minimum absolute atomic E-state index is 0.0744. The van der Waals surface area contributed by atoms with Crippen LogP contribution in [0.4, 0.5) is 0 Å². The van der Waals surface area contributed by atoms with Crippen molar-refractivity contribution in [3.63, 3.8) is 0 Å². The fraction of sp³-hybridized carbons (Fsp3) is 0.435. The van der Waals surface area contributed by atoms with Crippen molar-refractivity contribution in [2.24, 2.45) is 4.99 Å². The number of rotatable bonds is 10. The van der Waals surface area contributed by atoms with Gasteiger partial charge in [0.05, 0.1) is 0 Å². The van der Waals surface area contributed by atoms with Crippen LogP contribution in [0.25, 0.3) is 0 Å². The quantitative estimate of drug-likeness (QED) is 0.535. The summed E-state index contributed by atoms with van der Waals surface area (Å²) in [4.78, 5) is 4.67. The van der Waals surface area contributed by atoms with Crippen LogP contribution < -0.4 is 0 Å². The van der Waals surface area contributed by atoms with E-state index < -0.39 is 0 Å². The van der Waals surface area contributed by atoms with Crippen molar-refractivity contribution in [2.75, 3.05) is 6.54 Å². The number of phenols is 1. The van der Waals surface area contributed by atoms with Gasteiger partial charge in [0, 0.05) is 12.0 Å². The number of unbranched alkanes of at least 4 members (excludes halogenated alkanes) is 1. The molecule has 2 heteroatoms. The lowest BCUT2D eigenvalue weighted by atomic mass is 9.72. The first-order valence-corrected chi connectivity index (χ1v) is 9.52. The summed E-state index contributed by atoms with van der Waals surface area (Å²) in [5, 5.41) is 9.90. The maximum absolute atomic E-state index is 9.90. The van der Waals surface area contributed by atoms with E-state index in [1.165, 1.54) is 24.0 Å². The van der Waals surface area contributed by atoms with Crippen LogP contribution in [-0.4, -0.2) is 17.9 Å². The predicted molar refractivity (Wildman–Crippen MR) is 108 cm³/mol. The van der Waals surface area contributed by atoms with E-state index in [1.807, 2.05) is 18.2 Å². The number of hydrogen-bond donors (Lipinski definition) is 1. The molecule has 0 aliphatic heterocycles. The predicted octanol–water partition coefficient (Wildman–Crippen LogP) is 5.93. The molecule has 1 atom stereocenters. The molecular formula is C23H31NO. The van der Waals surface area contributed by atoms with Gasteiger partial charge in [-0.1, -0.05) is 69.2 Å². The minimum Gasteiger partial charge on any atom is -0.508 e. The first-order valence-electron chi connectivity index (χ1n) is 9.52. The molecular weight excluding hydrogens is 306 g/mol. The van der Waals surface area contributed by atoms with Crippen molar-refractivity contribution in [1.82, 2.24) is 0 Å². The molecule has 2 nitrogen and oxygen atoms in total. The number of aliphatic imine (C=N–C) groups is 1. The molecule has 2 aromatic rings. The topological polar surface area (TPSA) is 32.6 Å². The Morgan fingerprint density at radius 3 is 2.52 bits per heavy atom. The van der Waals surface area contributed by atoms with Gasteiger partial charge >= 0.3 is 0 Å². The Balaban J connectivity index is 2.03. The summed E-state index contributed by atoms with van der Waals surface area (Å²) < 4.78 is 0. The highest BCUT2D eigenvalue weighted by Crippen LogP contribution is 2.37. The fourth-order valence-electron chi connectivity index (χ4n) is 3.41. The Morgan fingerprint density at radius 1 is 1.04 bits per heavy atom. The average molecular weight is 338 g/mol. The molecule has 2 aromatic carbocycles. The van der Waals surface area contributed by atoms with Crippen LogP contribution in [0.15, 0.2) is 59.6 Å². The Morgan fingerprint density at radius 2 is 1.84 bits per heavy atom. The van der Waals surface area contributed by atoms with Crippen molar-refractivity contribution >= 4 is 6.21 Å². The SMILES string of the molecule is CCCC[C@](CC)(CC=NCCc1ccccc1)c1cccc(O)c1. The molecule has 0 amide bonds. The number of hydrogen-bond acceptors (Lipinski definition) is 2. The summed E-state index contributed by atoms with van der Waals surface area (Å²) >= 11 is 0. The first kappa shape index (κ1) is 19.2. The maximum atomic E-state index is 9.90. The van der Waals surface area contributed by atoms with Crippen molar-refractivity contribution in [2.45, 2.75) is 57.8 Å². The van der Waals surface area contributed by atoms with E-state index in [2.05, 4.69) is 55.4 Å². The van der Waals surface area contributed by atoms with Gasteiger partial charge in [-0.15, -0.1) is 0 Å². The zero-order chi connectivity index (χ0) is 18.0. The van der Waals surface area contributed by atoms with Crippen molar-refractivity contribution in [3.8, 4) is 5.75 Å². The van der Waals surface area contributed by atoms with Crippen molar-refractivity contribution in [3.05, 3.63) is 65.7 Å². The third-order valence-electron chi connectivity index (χ3n) is 5.13. The molecule has 25 heavy (non-hydrogen) atoms. The molecule has 0 aromatic heterocycles. The van der Waals surface area contributed by atoms with Gasteiger partial charge < -0.3 is 5.11 Å². The molecule has 0 unspecified atom stereocenters. The van der Waals surface area contributed by atoms with E-state index in [0.29, 0.717) is 5.75 Å². The molecule has 0 aliphatic rings. The van der Waals surface area contributed by atoms with E-state index >= 15 is 0 Å². The lowest BCUT2D eigenvalue weighted by Crippen LogP contribution is -2.26. The highest BCUT2D eigenvalue weighted by molar-refractivity contribution is 5.60. The van der Waals surface area contributed by atoms with Crippen molar-refractivity contribution < 1.29 is 5.11 Å². The van der Waals surface area contributed by atoms with Crippen molar-refractivity contribution in [1.29, 1.82) is 0 Å². The van der Waals surface area contributed by atoms with E-state index in [-0.39, 0.29) is 5.41 Å². The van der Waals surface area contributed by atoms with Gasteiger partial charge in [-0.05, 0) is 55.2 Å². The highest BCUT2D eigenvalue weighted by atomic mass is 16.3. The molecule has 0 saturated carbocycles. The van der Waals surface area contributed by atoms with Crippen LogP contribution in [0.3, 0.4) is 0 Å². The molecule has 0 bridgehead atoms. The van der Waals surface area contributed by atoms with Gasteiger partial charge in [0.25, 0.3) is 0 Å². The second kappa shape index (κ2) is 10.0. The lowest BCUT2D eigenvalue weighted by molar-refractivity contribution is 0.378. The van der Waals surface area contributed by atoms with E-state index in [1.54, 1.807) is 6.07 Å². The normalized spacial score (nSPS) is 13.8. The minimum atomic E-state index is 0.0744. The summed E-state index contributed by atoms with van der Waals surface area (Å²) in [6.07, 6.45) is 8.59. The van der Waals surface area contributed by atoms with E-state index in [4.69, 9.17) is 0 Å². The van der Waals surface area contributed by atoms with Crippen LogP contribution in [0.5, 0.6) is 5.75 Å². The Hall–Kier alpha value is -2.09. The summed E-state index contributed by atoms with van der Waals surface area (Å²) in [5.41, 5.74) is 2.64.